The molecule has 2 heterocycles. The van der Waals surface area contributed by atoms with E-state index in [4.69, 9.17) is 11.6 Å². The molecule has 0 radical (unpaired) electrons. The van der Waals surface area contributed by atoms with Crippen LogP contribution in [0.4, 0.5) is 5.82 Å². The van der Waals surface area contributed by atoms with Gasteiger partial charge in [0.25, 0.3) is 0 Å². The van der Waals surface area contributed by atoms with Crippen molar-refractivity contribution in [3.05, 3.63) is 81.6 Å². The largest absolute Gasteiger partial charge is 0.329 e. The van der Waals surface area contributed by atoms with Crippen molar-refractivity contribution in [2.75, 3.05) is 5.32 Å². The van der Waals surface area contributed by atoms with E-state index in [9.17, 15) is 9.59 Å². The number of pyridine rings is 1. The van der Waals surface area contributed by atoms with Gasteiger partial charge in [-0.3, -0.25) is 13.9 Å². The topological polar surface area (TPSA) is 68.9 Å². The number of nitrogens with zero attached hydrogens (tertiary/aromatic N) is 3. The molecule has 1 aromatic carbocycles. The third-order valence-corrected chi connectivity index (χ3v) is 5.04. The van der Waals surface area contributed by atoms with Crippen molar-refractivity contribution in [3.63, 3.8) is 0 Å². The van der Waals surface area contributed by atoms with Crippen molar-refractivity contribution >= 4 is 23.3 Å². The Labute approximate surface area is 175 Å². The summed E-state index contributed by atoms with van der Waals surface area (Å²) in [5.74, 6) is 0.445. The smallest absolute Gasteiger partial charge is 0.309 e. The van der Waals surface area contributed by atoms with Crippen molar-refractivity contribution in [3.8, 4) is 0 Å². The van der Waals surface area contributed by atoms with Gasteiger partial charge in [0.15, 0.2) is 0 Å². The van der Waals surface area contributed by atoms with Crippen LogP contribution in [0.25, 0.3) is 0 Å². The molecule has 2 aromatic heterocycles. The molecule has 0 aliphatic heterocycles. The lowest BCUT2D eigenvalue weighted by Gasteiger charge is -2.19. The molecule has 29 heavy (non-hydrogen) atoms. The van der Waals surface area contributed by atoms with E-state index in [-0.39, 0.29) is 17.5 Å². The Bertz CT molecular complexity index is 1040. The van der Waals surface area contributed by atoms with Crippen molar-refractivity contribution in [1.82, 2.24) is 14.1 Å². The number of rotatable bonds is 7. The zero-order valence-corrected chi connectivity index (χ0v) is 17.6. The van der Waals surface area contributed by atoms with Gasteiger partial charge in [0, 0.05) is 23.6 Å². The first-order valence-corrected chi connectivity index (χ1v) is 9.97. The standard InChI is InChI=1S/C22H25ClN4O2/c1-15(2)12-19(21(28)25-20-9-8-16(3)13-24-20)27-11-10-26(22(27)29)14-17-6-4-5-7-18(17)23/h4-11,13,15,19H,12,14H2,1-3H3,(H,24,25,28)/t19-/m0/s1. The van der Waals surface area contributed by atoms with Crippen molar-refractivity contribution in [1.29, 1.82) is 0 Å². The van der Waals surface area contributed by atoms with Crippen LogP contribution in [0.15, 0.2) is 59.8 Å². The number of hydrogen-bond donors (Lipinski definition) is 1. The van der Waals surface area contributed by atoms with Crippen LogP contribution in [0.3, 0.4) is 0 Å². The third-order valence-electron chi connectivity index (χ3n) is 4.67. The second kappa shape index (κ2) is 9.09. The molecule has 3 rings (SSSR count). The van der Waals surface area contributed by atoms with Crippen LogP contribution < -0.4 is 11.0 Å². The van der Waals surface area contributed by atoms with Gasteiger partial charge in [-0.1, -0.05) is 49.7 Å². The molecular formula is C22H25ClN4O2. The van der Waals surface area contributed by atoms with Crippen LogP contribution in [0, 0.1) is 12.8 Å². The molecule has 0 spiro atoms. The van der Waals surface area contributed by atoms with E-state index in [1.807, 2.05) is 45.0 Å². The molecule has 0 aliphatic carbocycles. The van der Waals surface area contributed by atoms with Crippen LogP contribution >= 0.6 is 11.6 Å². The number of anilines is 1. The highest BCUT2D eigenvalue weighted by molar-refractivity contribution is 6.31. The van der Waals surface area contributed by atoms with Crippen molar-refractivity contribution < 1.29 is 4.79 Å². The van der Waals surface area contributed by atoms with Crippen LogP contribution in [0.1, 0.15) is 37.4 Å². The fourth-order valence-corrected chi connectivity index (χ4v) is 3.34. The van der Waals surface area contributed by atoms with Gasteiger partial charge in [0.2, 0.25) is 5.91 Å². The second-order valence-corrected chi connectivity index (χ2v) is 7.97. The molecule has 0 saturated carbocycles. The maximum Gasteiger partial charge on any atom is 0.329 e. The number of imidazole rings is 1. The first kappa shape index (κ1) is 20.9. The van der Waals surface area contributed by atoms with E-state index in [0.29, 0.717) is 23.8 Å². The Morgan fingerprint density at radius 2 is 1.93 bits per heavy atom. The average molecular weight is 413 g/mol. The summed E-state index contributed by atoms with van der Waals surface area (Å²) in [6.45, 7) is 6.33. The number of carbonyl (C=O) groups is 1. The molecule has 3 aromatic rings. The van der Waals surface area contributed by atoms with E-state index in [1.165, 1.54) is 4.57 Å². The van der Waals surface area contributed by atoms with E-state index < -0.39 is 6.04 Å². The highest BCUT2D eigenvalue weighted by Gasteiger charge is 2.24. The number of aryl methyl sites for hydroxylation is 1. The minimum atomic E-state index is -0.627. The van der Waals surface area contributed by atoms with Crippen LogP contribution in [-0.4, -0.2) is 20.0 Å². The zero-order chi connectivity index (χ0) is 21.0. The average Bonchev–Trinajstić information content (AvgIpc) is 3.03. The van der Waals surface area contributed by atoms with E-state index in [2.05, 4.69) is 10.3 Å². The van der Waals surface area contributed by atoms with Gasteiger partial charge in [0.05, 0.1) is 6.54 Å². The Morgan fingerprint density at radius 1 is 1.17 bits per heavy atom. The third kappa shape index (κ3) is 5.15. The SMILES string of the molecule is Cc1ccc(NC(=O)[C@H](CC(C)C)n2ccn(Cc3ccccc3Cl)c2=O)nc1. The van der Waals surface area contributed by atoms with Crippen LogP contribution in [-0.2, 0) is 11.3 Å². The summed E-state index contributed by atoms with van der Waals surface area (Å²) in [5, 5.41) is 3.43. The van der Waals surface area contributed by atoms with Gasteiger partial charge >= 0.3 is 5.69 Å². The number of halogens is 1. The second-order valence-electron chi connectivity index (χ2n) is 7.56. The molecule has 0 unspecified atom stereocenters. The highest BCUT2D eigenvalue weighted by Crippen LogP contribution is 2.20. The monoisotopic (exact) mass is 412 g/mol. The Kier molecular flexibility index (Phi) is 6.54. The van der Waals surface area contributed by atoms with Gasteiger partial charge in [0.1, 0.15) is 11.9 Å². The Morgan fingerprint density at radius 3 is 2.59 bits per heavy atom. The van der Waals surface area contributed by atoms with Crippen molar-refractivity contribution in [2.45, 2.75) is 39.8 Å². The van der Waals surface area contributed by atoms with E-state index in [1.54, 1.807) is 35.3 Å². The maximum absolute atomic E-state index is 13.0. The summed E-state index contributed by atoms with van der Waals surface area (Å²) in [6.07, 6.45) is 5.58. The number of benzene rings is 1. The first-order valence-electron chi connectivity index (χ1n) is 9.59. The number of aromatic nitrogens is 3. The van der Waals surface area contributed by atoms with Gasteiger partial charge in [-0.2, -0.15) is 0 Å². The molecule has 152 valence electrons. The van der Waals surface area contributed by atoms with Gasteiger partial charge in [-0.05, 0) is 42.5 Å². The normalized spacial score (nSPS) is 12.2. The predicted molar refractivity (Wildman–Crippen MR) is 115 cm³/mol. The van der Waals surface area contributed by atoms with Gasteiger partial charge in [-0.15, -0.1) is 0 Å². The quantitative estimate of drug-likeness (QED) is 0.629. The summed E-state index contributed by atoms with van der Waals surface area (Å²) in [4.78, 5) is 30.2. The zero-order valence-electron chi connectivity index (χ0n) is 16.8. The molecule has 0 saturated heterocycles. The molecule has 0 fully saturated rings. The van der Waals surface area contributed by atoms with Gasteiger partial charge < -0.3 is 5.32 Å². The Hall–Kier alpha value is -2.86. The minimum absolute atomic E-state index is 0.232. The summed E-state index contributed by atoms with van der Waals surface area (Å²) in [7, 11) is 0. The lowest BCUT2D eigenvalue weighted by Crippen LogP contribution is -2.35. The van der Waals surface area contributed by atoms with E-state index in [0.717, 1.165) is 11.1 Å². The Balaban J connectivity index is 1.86. The predicted octanol–water partition coefficient (Wildman–Crippen LogP) is 4.28. The number of nitrogens with one attached hydrogen (secondary N) is 1. The summed E-state index contributed by atoms with van der Waals surface area (Å²) < 4.78 is 3.05. The summed E-state index contributed by atoms with van der Waals surface area (Å²) in [5.41, 5.74) is 1.61. The number of amides is 1. The fraction of sp³-hybridized carbons (Fsp3) is 0.318. The van der Waals surface area contributed by atoms with Gasteiger partial charge in [-0.25, -0.2) is 9.78 Å². The molecule has 1 N–H and O–H groups in total. The molecule has 7 heteroatoms. The minimum Gasteiger partial charge on any atom is -0.309 e. The molecule has 0 bridgehead atoms. The summed E-state index contributed by atoms with van der Waals surface area (Å²) >= 11 is 6.22. The van der Waals surface area contributed by atoms with Crippen LogP contribution in [0.5, 0.6) is 0 Å². The molecule has 1 atom stereocenters. The molecular weight excluding hydrogens is 388 g/mol. The van der Waals surface area contributed by atoms with E-state index >= 15 is 0 Å². The summed E-state index contributed by atoms with van der Waals surface area (Å²) in [6, 6.07) is 10.4. The number of carbonyl (C=O) groups excluding carboxylic acids is 1. The number of hydrogen-bond acceptors (Lipinski definition) is 3. The lowest BCUT2D eigenvalue weighted by molar-refractivity contribution is -0.119. The highest BCUT2D eigenvalue weighted by atomic mass is 35.5. The molecule has 6 nitrogen and oxygen atoms in total. The first-order chi connectivity index (χ1) is 13.8. The van der Waals surface area contributed by atoms with Crippen molar-refractivity contribution in [2.24, 2.45) is 5.92 Å². The maximum atomic E-state index is 13.0. The lowest BCUT2D eigenvalue weighted by atomic mass is 10.0. The molecule has 0 aliphatic rings. The fourth-order valence-electron chi connectivity index (χ4n) is 3.14. The molecule has 1 amide bonds. The van der Waals surface area contributed by atoms with Crippen LogP contribution in [0.2, 0.25) is 5.02 Å².